The molecule has 0 saturated heterocycles. The monoisotopic (exact) mass is 480 g/mol. The molecule has 1 amide bonds. The number of amidine groups is 2. The molecule has 2 aliphatic rings. The van der Waals surface area contributed by atoms with Gasteiger partial charge in [0.1, 0.15) is 17.5 Å². The smallest absolute Gasteiger partial charge is 0.283 e. The fourth-order valence-electron chi connectivity index (χ4n) is 3.40. The summed E-state index contributed by atoms with van der Waals surface area (Å²) in [5.74, 6) is 0.485. The number of nitrogens with one attached hydrogen (secondary N) is 1. The maximum Gasteiger partial charge on any atom is 0.283 e. The second-order valence-corrected chi connectivity index (χ2v) is 9.17. The summed E-state index contributed by atoms with van der Waals surface area (Å²) in [5.41, 5.74) is 1.22. The average molecular weight is 481 g/mol. The Bertz CT molecular complexity index is 1220. The van der Waals surface area contributed by atoms with Crippen LogP contribution in [0.5, 0.6) is 11.5 Å². The number of rotatable bonds is 8. The van der Waals surface area contributed by atoms with Crippen molar-refractivity contribution < 1.29 is 18.7 Å². The van der Waals surface area contributed by atoms with Crippen LogP contribution in [0.4, 0.5) is 4.39 Å². The third-order valence-electron chi connectivity index (χ3n) is 5.00. The lowest BCUT2D eigenvalue weighted by atomic mass is 10.1. The zero-order valence-electron chi connectivity index (χ0n) is 19.2. The van der Waals surface area contributed by atoms with Crippen molar-refractivity contribution in [2.75, 3.05) is 6.61 Å². The quantitative estimate of drug-likeness (QED) is 0.507. The van der Waals surface area contributed by atoms with Crippen LogP contribution in [0.3, 0.4) is 0 Å². The highest BCUT2D eigenvalue weighted by molar-refractivity contribution is 8.26. The van der Waals surface area contributed by atoms with E-state index < -0.39 is 5.91 Å². The van der Waals surface area contributed by atoms with Crippen molar-refractivity contribution in [1.29, 1.82) is 5.41 Å². The van der Waals surface area contributed by atoms with Gasteiger partial charge in [-0.05, 0) is 54.4 Å². The molecule has 0 bridgehead atoms. The van der Waals surface area contributed by atoms with Gasteiger partial charge in [0.25, 0.3) is 5.91 Å². The van der Waals surface area contributed by atoms with Crippen molar-refractivity contribution in [3.05, 3.63) is 65.0 Å². The number of hydrogen-bond acceptors (Lipinski definition) is 6. The highest BCUT2D eigenvalue weighted by Crippen LogP contribution is 2.33. The minimum absolute atomic E-state index is 0.0147. The standard InChI is InChI=1S/C25H25FN4O3S/c1-4-32-21-13-16(9-10-20(21)33-14-17-7-5-6-8-19(17)26)12-18-23(27)30-25(28-24(18)31)34-22(29-30)11-15(2)3/h5-10,12-13,15,27H,4,11,14H2,1-3H3. The van der Waals surface area contributed by atoms with E-state index in [-0.39, 0.29) is 23.8 Å². The van der Waals surface area contributed by atoms with Gasteiger partial charge in [0.15, 0.2) is 17.3 Å². The largest absolute Gasteiger partial charge is 0.490 e. The van der Waals surface area contributed by atoms with Crippen LogP contribution >= 0.6 is 11.8 Å². The highest BCUT2D eigenvalue weighted by atomic mass is 32.2. The molecule has 9 heteroatoms. The number of fused-ring (bicyclic) bond motifs is 1. The minimum atomic E-state index is -0.484. The van der Waals surface area contributed by atoms with Gasteiger partial charge >= 0.3 is 0 Å². The van der Waals surface area contributed by atoms with Gasteiger partial charge in [0.2, 0.25) is 5.17 Å². The molecule has 2 aromatic rings. The predicted octanol–water partition coefficient (Wildman–Crippen LogP) is 5.47. The summed E-state index contributed by atoms with van der Waals surface area (Å²) >= 11 is 1.33. The van der Waals surface area contributed by atoms with Crippen molar-refractivity contribution in [3.8, 4) is 11.5 Å². The van der Waals surface area contributed by atoms with Gasteiger partial charge in [-0.3, -0.25) is 10.2 Å². The molecule has 1 N–H and O–H groups in total. The summed E-state index contributed by atoms with van der Waals surface area (Å²) in [6.45, 7) is 6.47. The summed E-state index contributed by atoms with van der Waals surface area (Å²) in [6, 6.07) is 11.6. The predicted molar refractivity (Wildman–Crippen MR) is 133 cm³/mol. The fourth-order valence-corrected chi connectivity index (χ4v) is 4.50. The Balaban J connectivity index is 1.57. The number of aliphatic imine (C=N–C) groups is 1. The van der Waals surface area contributed by atoms with E-state index in [1.165, 1.54) is 22.8 Å². The number of carbonyl (C=O) groups excluding carboxylic acids is 1. The third kappa shape index (κ3) is 5.20. The molecule has 2 aromatic carbocycles. The van der Waals surface area contributed by atoms with Crippen LogP contribution in [0.15, 0.2) is 58.1 Å². The molecule has 176 valence electrons. The van der Waals surface area contributed by atoms with Gasteiger partial charge in [-0.2, -0.15) is 15.1 Å². The number of hydrogen-bond donors (Lipinski definition) is 1. The molecule has 0 atom stereocenters. The number of amides is 1. The van der Waals surface area contributed by atoms with E-state index in [2.05, 4.69) is 23.9 Å². The Morgan fingerprint density at radius 2 is 1.97 bits per heavy atom. The number of ether oxygens (including phenoxy) is 2. The SMILES string of the molecule is CCOc1cc(C=C2C(=N)N3N=C(CC(C)C)SC3=NC2=O)ccc1OCc1ccccc1F. The fraction of sp³-hybridized carbons (Fsp3) is 0.280. The molecular formula is C25H25FN4O3S. The van der Waals surface area contributed by atoms with Crippen LogP contribution < -0.4 is 9.47 Å². The zero-order valence-corrected chi connectivity index (χ0v) is 20.0. The first-order valence-corrected chi connectivity index (χ1v) is 11.8. The van der Waals surface area contributed by atoms with Crippen molar-refractivity contribution in [2.24, 2.45) is 16.0 Å². The molecule has 0 saturated carbocycles. The second-order valence-electron chi connectivity index (χ2n) is 8.13. The number of carbonyl (C=O) groups is 1. The van der Waals surface area contributed by atoms with Gasteiger partial charge < -0.3 is 9.47 Å². The van der Waals surface area contributed by atoms with Crippen molar-refractivity contribution in [1.82, 2.24) is 5.01 Å². The van der Waals surface area contributed by atoms with Crippen LogP contribution in [0, 0.1) is 17.1 Å². The Labute approximate surface area is 201 Å². The number of benzene rings is 2. The molecule has 0 aromatic heterocycles. The Hall–Kier alpha value is -3.46. The second kappa shape index (κ2) is 10.2. The van der Waals surface area contributed by atoms with E-state index >= 15 is 0 Å². The van der Waals surface area contributed by atoms with E-state index in [4.69, 9.17) is 14.9 Å². The maximum absolute atomic E-state index is 13.9. The summed E-state index contributed by atoms with van der Waals surface area (Å²) in [4.78, 5) is 16.8. The van der Waals surface area contributed by atoms with Crippen LogP contribution in [0.2, 0.25) is 0 Å². The van der Waals surface area contributed by atoms with Crippen LogP contribution in [0.25, 0.3) is 6.08 Å². The number of hydrazone groups is 1. The van der Waals surface area contributed by atoms with E-state index in [0.717, 1.165) is 11.5 Å². The lowest BCUT2D eigenvalue weighted by Crippen LogP contribution is -2.35. The average Bonchev–Trinajstić information content (AvgIpc) is 3.19. The molecule has 2 aliphatic heterocycles. The molecule has 0 radical (unpaired) electrons. The number of thioether (sulfide) groups is 1. The molecule has 7 nitrogen and oxygen atoms in total. The molecule has 2 heterocycles. The molecule has 34 heavy (non-hydrogen) atoms. The third-order valence-corrected chi connectivity index (χ3v) is 5.93. The van der Waals surface area contributed by atoms with Crippen molar-refractivity contribution in [3.63, 3.8) is 0 Å². The minimum Gasteiger partial charge on any atom is -0.490 e. The van der Waals surface area contributed by atoms with E-state index in [1.807, 2.05) is 6.92 Å². The van der Waals surface area contributed by atoms with Gasteiger partial charge in [0.05, 0.1) is 12.2 Å². The number of nitrogens with zero attached hydrogens (tertiary/aromatic N) is 3. The first-order chi connectivity index (χ1) is 16.4. The first-order valence-electron chi connectivity index (χ1n) is 11.0. The van der Waals surface area contributed by atoms with Crippen molar-refractivity contribution >= 4 is 39.8 Å². The Morgan fingerprint density at radius 3 is 2.71 bits per heavy atom. The van der Waals surface area contributed by atoms with Gasteiger partial charge in [-0.25, -0.2) is 4.39 Å². The summed E-state index contributed by atoms with van der Waals surface area (Å²) in [5, 5.41) is 15.7. The molecular weight excluding hydrogens is 455 g/mol. The molecule has 0 fully saturated rings. The lowest BCUT2D eigenvalue weighted by Gasteiger charge is -2.20. The normalized spacial score (nSPS) is 16.6. The Kier molecular flexibility index (Phi) is 7.12. The summed E-state index contributed by atoms with van der Waals surface area (Å²) in [7, 11) is 0. The lowest BCUT2D eigenvalue weighted by molar-refractivity contribution is -0.114. The highest BCUT2D eigenvalue weighted by Gasteiger charge is 2.35. The number of halogens is 1. The molecule has 0 spiro atoms. The first kappa shape index (κ1) is 23.7. The van der Waals surface area contributed by atoms with E-state index in [1.54, 1.807) is 42.5 Å². The topological polar surface area (TPSA) is 87.3 Å². The maximum atomic E-state index is 13.9. The van der Waals surface area contributed by atoms with Crippen molar-refractivity contribution in [2.45, 2.75) is 33.8 Å². The van der Waals surface area contributed by atoms with Crippen LogP contribution in [-0.2, 0) is 11.4 Å². The van der Waals surface area contributed by atoms with Crippen LogP contribution in [0.1, 0.15) is 38.3 Å². The molecule has 0 unspecified atom stereocenters. The molecule has 0 aliphatic carbocycles. The summed E-state index contributed by atoms with van der Waals surface area (Å²) < 4.78 is 25.4. The Morgan fingerprint density at radius 1 is 1.18 bits per heavy atom. The summed E-state index contributed by atoms with van der Waals surface area (Å²) in [6.07, 6.45) is 2.35. The van der Waals surface area contributed by atoms with E-state index in [9.17, 15) is 9.18 Å². The van der Waals surface area contributed by atoms with E-state index in [0.29, 0.717) is 40.3 Å². The zero-order chi connectivity index (χ0) is 24.2. The van der Waals surface area contributed by atoms with Gasteiger partial charge in [-0.1, -0.05) is 38.1 Å². The van der Waals surface area contributed by atoms with Gasteiger partial charge in [0, 0.05) is 12.0 Å². The molecule has 4 rings (SSSR count). The van der Waals surface area contributed by atoms with Crippen LogP contribution in [-0.4, -0.2) is 33.6 Å². The van der Waals surface area contributed by atoms with Gasteiger partial charge in [-0.15, -0.1) is 0 Å².